The third kappa shape index (κ3) is 4.42. The Hall–Kier alpha value is -2.81. The molecule has 1 atom stereocenters. The molecule has 1 N–H and O–H groups in total. The van der Waals surface area contributed by atoms with Crippen molar-refractivity contribution in [1.82, 2.24) is 9.55 Å². The molecular formula is C27H25ClF2N2O3S. The molecule has 1 aromatic carbocycles. The van der Waals surface area contributed by atoms with E-state index in [0.29, 0.717) is 22.6 Å². The van der Waals surface area contributed by atoms with Gasteiger partial charge in [-0.1, -0.05) is 31.5 Å². The highest BCUT2D eigenvalue weighted by atomic mass is 35.5. The van der Waals surface area contributed by atoms with Gasteiger partial charge in [0.2, 0.25) is 5.43 Å². The number of fused-ring (bicyclic) bond motifs is 2. The van der Waals surface area contributed by atoms with Crippen molar-refractivity contribution < 1.29 is 18.6 Å². The number of aliphatic hydroxyl groups is 1. The standard InChI is InChI=1S/C27H25ClF2N2O3S/c1-26(2,19-11-18(17-4-3-7-31-12-17)10-16-5-8-35-23(16)19)14-27(34,25(29)30)15-32-13-20(28)22(33)24-21(32)6-9-36-24/h3-4,6-7,9-13,25,34H,5,8,14-15H2,1-2H3. The number of hydrogen-bond donors (Lipinski definition) is 1. The van der Waals surface area contributed by atoms with Gasteiger partial charge in [-0.2, -0.15) is 0 Å². The Labute approximate surface area is 215 Å². The van der Waals surface area contributed by atoms with Crippen LogP contribution in [0.3, 0.4) is 0 Å². The third-order valence-corrected chi connectivity index (χ3v) is 7.92. The summed E-state index contributed by atoms with van der Waals surface area (Å²) in [7, 11) is 0. The van der Waals surface area contributed by atoms with Gasteiger partial charge in [-0.25, -0.2) is 8.78 Å². The van der Waals surface area contributed by atoms with E-state index in [1.165, 1.54) is 22.1 Å². The first-order valence-corrected chi connectivity index (χ1v) is 12.8. The number of benzene rings is 1. The summed E-state index contributed by atoms with van der Waals surface area (Å²) in [6, 6.07) is 9.46. The Morgan fingerprint density at radius 1 is 1.28 bits per heavy atom. The molecule has 0 spiro atoms. The molecule has 4 heterocycles. The van der Waals surface area contributed by atoms with Crippen molar-refractivity contribution >= 4 is 33.2 Å². The van der Waals surface area contributed by atoms with Crippen molar-refractivity contribution in [2.75, 3.05) is 6.61 Å². The van der Waals surface area contributed by atoms with E-state index in [9.17, 15) is 18.7 Å². The highest BCUT2D eigenvalue weighted by Crippen LogP contribution is 2.45. The van der Waals surface area contributed by atoms with Crippen LogP contribution >= 0.6 is 22.9 Å². The van der Waals surface area contributed by atoms with Crippen LogP contribution in [0.4, 0.5) is 8.78 Å². The van der Waals surface area contributed by atoms with E-state index < -0.39 is 24.0 Å². The second kappa shape index (κ2) is 9.25. The fourth-order valence-electron chi connectivity index (χ4n) is 5.07. The van der Waals surface area contributed by atoms with Gasteiger partial charge in [-0.15, -0.1) is 11.3 Å². The largest absolute Gasteiger partial charge is 0.493 e. The first kappa shape index (κ1) is 24.9. The van der Waals surface area contributed by atoms with Crippen LogP contribution in [0.15, 0.2) is 59.1 Å². The first-order valence-electron chi connectivity index (χ1n) is 11.6. The molecule has 188 valence electrons. The number of nitrogens with zero attached hydrogens (tertiary/aromatic N) is 2. The predicted octanol–water partition coefficient (Wildman–Crippen LogP) is 6.08. The molecule has 9 heteroatoms. The van der Waals surface area contributed by atoms with Crippen molar-refractivity contribution in [2.24, 2.45) is 0 Å². The highest BCUT2D eigenvalue weighted by molar-refractivity contribution is 7.17. The van der Waals surface area contributed by atoms with E-state index in [0.717, 1.165) is 28.7 Å². The Bertz CT molecular complexity index is 1490. The Morgan fingerprint density at radius 3 is 2.81 bits per heavy atom. The van der Waals surface area contributed by atoms with E-state index in [1.807, 2.05) is 38.1 Å². The maximum Gasteiger partial charge on any atom is 0.268 e. The molecule has 1 aliphatic heterocycles. The zero-order valence-electron chi connectivity index (χ0n) is 19.8. The SMILES string of the molecule is CC(C)(CC(O)(Cn1cc(Cl)c(=O)c2sccc21)C(F)F)c1cc(-c2cccnc2)cc2c1OCC2. The number of halogens is 3. The number of thiophene rings is 1. The fraction of sp³-hybridized carbons (Fsp3) is 0.333. The van der Waals surface area contributed by atoms with Crippen LogP contribution in [0.25, 0.3) is 21.3 Å². The minimum atomic E-state index is -3.04. The van der Waals surface area contributed by atoms with Crippen molar-refractivity contribution in [3.63, 3.8) is 0 Å². The fourth-order valence-corrected chi connectivity index (χ4v) is 6.20. The second-order valence-corrected chi connectivity index (χ2v) is 11.2. The minimum absolute atomic E-state index is 0.0729. The van der Waals surface area contributed by atoms with Gasteiger partial charge in [0, 0.05) is 36.1 Å². The van der Waals surface area contributed by atoms with Crippen molar-refractivity contribution in [1.29, 1.82) is 0 Å². The average Bonchev–Trinajstić information content (AvgIpc) is 3.52. The summed E-state index contributed by atoms with van der Waals surface area (Å²) in [5, 5.41) is 13.0. The zero-order valence-corrected chi connectivity index (χ0v) is 21.4. The van der Waals surface area contributed by atoms with E-state index >= 15 is 0 Å². The monoisotopic (exact) mass is 530 g/mol. The topological polar surface area (TPSA) is 64.4 Å². The highest BCUT2D eigenvalue weighted by Gasteiger charge is 2.45. The van der Waals surface area contributed by atoms with E-state index in [2.05, 4.69) is 4.98 Å². The van der Waals surface area contributed by atoms with Gasteiger partial charge in [0.1, 0.15) is 16.4 Å². The van der Waals surface area contributed by atoms with E-state index in [-0.39, 0.29) is 16.9 Å². The second-order valence-electron chi connectivity index (χ2n) is 9.89. The zero-order chi connectivity index (χ0) is 25.7. The van der Waals surface area contributed by atoms with Crippen molar-refractivity contribution in [2.45, 2.75) is 50.7 Å². The van der Waals surface area contributed by atoms with Gasteiger partial charge >= 0.3 is 0 Å². The normalized spacial score (nSPS) is 15.2. The van der Waals surface area contributed by atoms with Crippen LogP contribution in [0, 0.1) is 0 Å². The van der Waals surface area contributed by atoms with Gasteiger partial charge in [-0.3, -0.25) is 9.78 Å². The number of rotatable bonds is 7. The van der Waals surface area contributed by atoms with E-state index in [1.54, 1.807) is 23.8 Å². The van der Waals surface area contributed by atoms with Crippen LogP contribution in [0.1, 0.15) is 31.4 Å². The summed E-state index contributed by atoms with van der Waals surface area (Å²) >= 11 is 7.30. The molecule has 3 aromatic heterocycles. The van der Waals surface area contributed by atoms with Crippen LogP contribution in [-0.2, 0) is 18.4 Å². The molecule has 36 heavy (non-hydrogen) atoms. The molecular weight excluding hydrogens is 506 g/mol. The number of aromatic nitrogens is 2. The van der Waals surface area contributed by atoms with Gasteiger partial charge < -0.3 is 14.4 Å². The summed E-state index contributed by atoms with van der Waals surface area (Å²) in [5.41, 5.74) is 0.439. The average molecular weight is 531 g/mol. The lowest BCUT2D eigenvalue weighted by atomic mass is 9.73. The summed E-state index contributed by atoms with van der Waals surface area (Å²) in [6.07, 6.45) is 2.20. The lowest BCUT2D eigenvalue weighted by molar-refractivity contribution is -0.120. The van der Waals surface area contributed by atoms with Crippen LogP contribution in [0.5, 0.6) is 5.75 Å². The van der Waals surface area contributed by atoms with Crippen molar-refractivity contribution in [3.8, 4) is 16.9 Å². The molecule has 0 aliphatic carbocycles. The maximum absolute atomic E-state index is 14.5. The molecule has 5 rings (SSSR count). The lowest BCUT2D eigenvalue weighted by Gasteiger charge is -2.37. The molecule has 1 unspecified atom stereocenters. The smallest absolute Gasteiger partial charge is 0.268 e. The number of pyridine rings is 2. The Kier molecular flexibility index (Phi) is 6.39. The molecule has 0 radical (unpaired) electrons. The minimum Gasteiger partial charge on any atom is -0.493 e. The molecule has 0 amide bonds. The maximum atomic E-state index is 14.5. The number of alkyl halides is 2. The van der Waals surface area contributed by atoms with Crippen LogP contribution in [-0.4, -0.2) is 33.3 Å². The summed E-state index contributed by atoms with van der Waals surface area (Å²) in [4.78, 5) is 16.6. The number of hydrogen-bond acceptors (Lipinski definition) is 5. The van der Waals surface area contributed by atoms with Gasteiger partial charge in [-0.05, 0) is 52.6 Å². The molecule has 5 nitrogen and oxygen atoms in total. The molecule has 0 fully saturated rings. The molecule has 0 saturated carbocycles. The Balaban J connectivity index is 1.56. The predicted molar refractivity (Wildman–Crippen MR) is 139 cm³/mol. The van der Waals surface area contributed by atoms with E-state index in [4.69, 9.17) is 16.3 Å². The summed E-state index contributed by atoms with van der Waals surface area (Å²) in [5.74, 6) is 0.691. The quantitative estimate of drug-likeness (QED) is 0.314. The lowest BCUT2D eigenvalue weighted by Crippen LogP contribution is -2.46. The third-order valence-electron chi connectivity index (χ3n) is 6.75. The molecule has 0 saturated heterocycles. The number of ether oxygens (including phenoxy) is 1. The molecule has 1 aliphatic rings. The van der Waals surface area contributed by atoms with Crippen LogP contribution in [0.2, 0.25) is 5.02 Å². The van der Waals surface area contributed by atoms with Gasteiger partial charge in [0.25, 0.3) is 6.43 Å². The Morgan fingerprint density at radius 2 is 2.08 bits per heavy atom. The summed E-state index contributed by atoms with van der Waals surface area (Å²) < 4.78 is 36.8. The molecule has 4 aromatic rings. The first-order chi connectivity index (χ1) is 17.1. The van der Waals surface area contributed by atoms with Crippen LogP contribution < -0.4 is 10.2 Å². The van der Waals surface area contributed by atoms with Gasteiger partial charge in [0.15, 0.2) is 0 Å². The summed E-state index contributed by atoms with van der Waals surface area (Å²) in [6.45, 7) is 3.76. The van der Waals surface area contributed by atoms with Gasteiger partial charge in [0.05, 0.1) is 23.4 Å². The van der Waals surface area contributed by atoms with Crippen molar-refractivity contribution in [3.05, 3.63) is 80.7 Å². The molecule has 0 bridgehead atoms.